The van der Waals surface area contributed by atoms with Crippen LogP contribution in [0.25, 0.3) is 0 Å². The summed E-state index contributed by atoms with van der Waals surface area (Å²) in [6.07, 6.45) is 0. The Morgan fingerprint density at radius 2 is 1.95 bits per heavy atom. The van der Waals surface area contributed by atoms with Crippen molar-refractivity contribution < 1.29 is 9.66 Å². The molecule has 0 saturated heterocycles. The number of rotatable bonds is 5. The van der Waals surface area contributed by atoms with Gasteiger partial charge in [0.1, 0.15) is 18.0 Å². The van der Waals surface area contributed by atoms with Gasteiger partial charge in [-0.3, -0.25) is 16.0 Å². The van der Waals surface area contributed by atoms with E-state index >= 15 is 0 Å². The third kappa shape index (κ3) is 3.24. The Morgan fingerprint density at radius 1 is 1.25 bits per heavy atom. The maximum absolute atomic E-state index is 10.9. The predicted octanol–water partition coefficient (Wildman–Crippen LogP) is 2.77. The van der Waals surface area contributed by atoms with E-state index in [1.807, 2.05) is 31.2 Å². The zero-order chi connectivity index (χ0) is 14.5. The Labute approximate surface area is 116 Å². The van der Waals surface area contributed by atoms with Crippen LogP contribution in [0.1, 0.15) is 11.1 Å². The zero-order valence-corrected chi connectivity index (χ0v) is 11.0. The highest BCUT2D eigenvalue weighted by atomic mass is 16.6. The lowest BCUT2D eigenvalue weighted by Crippen LogP contribution is -2.09. The van der Waals surface area contributed by atoms with Gasteiger partial charge in [-0.05, 0) is 30.7 Å². The van der Waals surface area contributed by atoms with Crippen LogP contribution in [0.5, 0.6) is 5.75 Å². The molecule has 0 aliphatic carbocycles. The molecule has 0 aromatic heterocycles. The number of hydrazine groups is 1. The molecule has 0 fully saturated rings. The molecule has 3 N–H and O–H groups in total. The third-order valence-corrected chi connectivity index (χ3v) is 2.84. The lowest BCUT2D eigenvalue weighted by atomic mass is 10.2. The molecule has 2 aromatic carbocycles. The van der Waals surface area contributed by atoms with Crippen molar-refractivity contribution in [3.63, 3.8) is 0 Å². The maximum atomic E-state index is 10.9. The molecule has 6 nitrogen and oxygen atoms in total. The summed E-state index contributed by atoms with van der Waals surface area (Å²) < 4.78 is 5.58. The summed E-state index contributed by atoms with van der Waals surface area (Å²) >= 11 is 0. The van der Waals surface area contributed by atoms with Gasteiger partial charge < -0.3 is 10.2 Å². The standard InChI is InChI=1S/C14H15N3O3/c1-10-2-5-12(6-3-10)20-9-11-4-7-13(16-15)14(8-11)17(18)19/h2-8,16H,9,15H2,1H3. The van der Waals surface area contributed by atoms with Gasteiger partial charge in [-0.15, -0.1) is 0 Å². The second kappa shape index (κ2) is 6.03. The van der Waals surface area contributed by atoms with Gasteiger partial charge in [-0.1, -0.05) is 23.8 Å². The van der Waals surface area contributed by atoms with Crippen LogP contribution >= 0.6 is 0 Å². The van der Waals surface area contributed by atoms with Crippen molar-refractivity contribution in [3.8, 4) is 5.75 Å². The molecule has 0 radical (unpaired) electrons. The largest absolute Gasteiger partial charge is 0.489 e. The van der Waals surface area contributed by atoms with E-state index in [0.717, 1.165) is 11.3 Å². The molecule has 0 amide bonds. The summed E-state index contributed by atoms with van der Waals surface area (Å²) in [5.74, 6) is 5.95. The highest BCUT2D eigenvalue weighted by Gasteiger charge is 2.13. The number of nitrogen functional groups attached to an aromatic ring is 1. The molecule has 2 aromatic rings. The third-order valence-electron chi connectivity index (χ3n) is 2.84. The van der Waals surface area contributed by atoms with Crippen molar-refractivity contribution >= 4 is 11.4 Å². The quantitative estimate of drug-likeness (QED) is 0.496. The average molecular weight is 273 g/mol. The van der Waals surface area contributed by atoms with Gasteiger partial charge in [0.15, 0.2) is 0 Å². The van der Waals surface area contributed by atoms with Crippen molar-refractivity contribution in [2.75, 3.05) is 5.43 Å². The van der Waals surface area contributed by atoms with Crippen LogP contribution < -0.4 is 16.0 Å². The summed E-state index contributed by atoms with van der Waals surface area (Å²) in [7, 11) is 0. The number of nitro benzene ring substituents is 1. The first-order chi connectivity index (χ1) is 9.60. The van der Waals surface area contributed by atoms with E-state index in [2.05, 4.69) is 5.43 Å². The van der Waals surface area contributed by atoms with Gasteiger partial charge >= 0.3 is 0 Å². The minimum atomic E-state index is -0.482. The van der Waals surface area contributed by atoms with E-state index in [-0.39, 0.29) is 18.0 Å². The first kappa shape index (κ1) is 13.8. The van der Waals surface area contributed by atoms with E-state index in [1.54, 1.807) is 12.1 Å². The number of hydrogen-bond acceptors (Lipinski definition) is 5. The number of nitro groups is 1. The van der Waals surface area contributed by atoms with Crippen molar-refractivity contribution in [1.82, 2.24) is 0 Å². The minimum absolute atomic E-state index is 0.0718. The second-order valence-corrected chi connectivity index (χ2v) is 4.35. The monoisotopic (exact) mass is 273 g/mol. The van der Waals surface area contributed by atoms with Crippen molar-refractivity contribution in [1.29, 1.82) is 0 Å². The zero-order valence-electron chi connectivity index (χ0n) is 11.0. The number of hydrogen-bond donors (Lipinski definition) is 2. The number of nitrogens with zero attached hydrogens (tertiary/aromatic N) is 1. The molecule has 0 bridgehead atoms. The smallest absolute Gasteiger partial charge is 0.294 e. The molecule has 0 unspecified atom stereocenters. The van der Waals surface area contributed by atoms with Gasteiger partial charge in [0.2, 0.25) is 0 Å². The second-order valence-electron chi connectivity index (χ2n) is 4.35. The number of aryl methyl sites for hydroxylation is 1. The molecule has 6 heteroatoms. The molecule has 0 aliphatic rings. The normalized spacial score (nSPS) is 10.1. The van der Waals surface area contributed by atoms with Crippen molar-refractivity contribution in [2.24, 2.45) is 5.84 Å². The molecular weight excluding hydrogens is 258 g/mol. The number of benzene rings is 2. The van der Waals surface area contributed by atoms with Crippen LogP contribution in [0.2, 0.25) is 0 Å². The fourth-order valence-corrected chi connectivity index (χ4v) is 1.74. The van der Waals surface area contributed by atoms with E-state index in [9.17, 15) is 10.1 Å². The molecule has 0 saturated carbocycles. The Hall–Kier alpha value is -2.60. The molecular formula is C14H15N3O3. The molecule has 104 valence electrons. The topological polar surface area (TPSA) is 90.4 Å². The molecule has 0 spiro atoms. The summed E-state index contributed by atoms with van der Waals surface area (Å²) in [4.78, 5) is 10.4. The van der Waals surface area contributed by atoms with Crippen LogP contribution in [0.15, 0.2) is 42.5 Å². The summed E-state index contributed by atoms with van der Waals surface area (Å²) in [5.41, 5.74) is 4.35. The number of ether oxygens (including phenoxy) is 1. The Bertz CT molecular complexity index is 612. The van der Waals surface area contributed by atoms with Crippen LogP contribution in [0.4, 0.5) is 11.4 Å². The summed E-state index contributed by atoms with van der Waals surface area (Å²) in [6, 6.07) is 12.4. The number of anilines is 1. The van der Waals surface area contributed by atoms with E-state index in [1.165, 1.54) is 6.07 Å². The molecule has 2 rings (SSSR count). The van der Waals surface area contributed by atoms with E-state index < -0.39 is 4.92 Å². The van der Waals surface area contributed by atoms with Crippen LogP contribution in [0, 0.1) is 17.0 Å². The van der Waals surface area contributed by atoms with Crippen molar-refractivity contribution in [2.45, 2.75) is 13.5 Å². The Balaban J connectivity index is 2.11. The lowest BCUT2D eigenvalue weighted by molar-refractivity contribution is -0.384. The SMILES string of the molecule is Cc1ccc(OCc2ccc(NN)c([N+](=O)[O-])c2)cc1. The van der Waals surface area contributed by atoms with Crippen LogP contribution in [-0.2, 0) is 6.61 Å². The first-order valence-electron chi connectivity index (χ1n) is 6.03. The molecule has 0 aliphatic heterocycles. The van der Waals surface area contributed by atoms with Gasteiger partial charge in [0, 0.05) is 6.07 Å². The maximum Gasteiger partial charge on any atom is 0.294 e. The van der Waals surface area contributed by atoms with Gasteiger partial charge in [-0.2, -0.15) is 0 Å². The van der Waals surface area contributed by atoms with Crippen LogP contribution in [-0.4, -0.2) is 4.92 Å². The fourth-order valence-electron chi connectivity index (χ4n) is 1.74. The van der Waals surface area contributed by atoms with Gasteiger partial charge in [0.05, 0.1) is 4.92 Å². The summed E-state index contributed by atoms with van der Waals surface area (Å²) in [5, 5.41) is 10.9. The highest BCUT2D eigenvalue weighted by molar-refractivity contribution is 5.61. The highest BCUT2D eigenvalue weighted by Crippen LogP contribution is 2.25. The lowest BCUT2D eigenvalue weighted by Gasteiger charge is -2.08. The van der Waals surface area contributed by atoms with Crippen molar-refractivity contribution in [3.05, 3.63) is 63.7 Å². The number of nitrogens with two attached hydrogens (primary N) is 1. The van der Waals surface area contributed by atoms with Gasteiger partial charge in [0.25, 0.3) is 5.69 Å². The number of nitrogens with one attached hydrogen (secondary N) is 1. The molecule has 0 atom stereocenters. The Morgan fingerprint density at radius 3 is 2.55 bits per heavy atom. The average Bonchev–Trinajstić information content (AvgIpc) is 2.46. The Kier molecular flexibility index (Phi) is 4.17. The fraction of sp³-hybridized carbons (Fsp3) is 0.143. The first-order valence-corrected chi connectivity index (χ1v) is 6.03. The summed E-state index contributed by atoms with van der Waals surface area (Å²) in [6.45, 7) is 2.25. The molecule has 0 heterocycles. The van der Waals surface area contributed by atoms with Crippen LogP contribution in [0.3, 0.4) is 0 Å². The van der Waals surface area contributed by atoms with E-state index in [0.29, 0.717) is 5.56 Å². The molecule has 20 heavy (non-hydrogen) atoms. The van der Waals surface area contributed by atoms with Gasteiger partial charge in [-0.25, -0.2) is 0 Å². The van der Waals surface area contributed by atoms with E-state index in [4.69, 9.17) is 10.6 Å². The predicted molar refractivity (Wildman–Crippen MR) is 76.4 cm³/mol. The minimum Gasteiger partial charge on any atom is -0.489 e.